The van der Waals surface area contributed by atoms with Crippen LogP contribution in [0.1, 0.15) is 23.2 Å². The fraction of sp³-hybridized carbons (Fsp3) is 0.429. The fourth-order valence-corrected chi connectivity index (χ4v) is 2.26. The first kappa shape index (κ1) is 14.2. The average Bonchev–Trinajstić information content (AvgIpc) is 2.47. The summed E-state index contributed by atoms with van der Waals surface area (Å²) in [5.41, 5.74) is 0.267. The van der Waals surface area contributed by atoms with Gasteiger partial charge in [0.2, 0.25) is 0 Å². The molecule has 1 saturated heterocycles. The van der Waals surface area contributed by atoms with Gasteiger partial charge >= 0.3 is 6.09 Å². The zero-order valence-corrected chi connectivity index (χ0v) is 11.3. The smallest absolute Gasteiger partial charge is 0.409 e. The number of hydrogen-bond acceptors (Lipinski definition) is 4. The van der Waals surface area contributed by atoms with Crippen LogP contribution in [0.4, 0.5) is 4.79 Å². The van der Waals surface area contributed by atoms with E-state index in [0.29, 0.717) is 25.9 Å². The second-order valence-corrected chi connectivity index (χ2v) is 4.72. The Bertz CT molecular complexity index is 496. The second kappa shape index (κ2) is 6.27. The van der Waals surface area contributed by atoms with Crippen LogP contribution in [0.15, 0.2) is 24.3 Å². The molecule has 108 valence electrons. The lowest BCUT2D eigenvalue weighted by molar-refractivity contribution is 0.0890. The number of aromatic hydroxyl groups is 1. The van der Waals surface area contributed by atoms with Gasteiger partial charge in [0.1, 0.15) is 5.75 Å². The van der Waals surface area contributed by atoms with E-state index in [1.165, 1.54) is 13.2 Å². The van der Waals surface area contributed by atoms with E-state index in [-0.39, 0.29) is 29.4 Å². The number of piperidine rings is 1. The first-order valence-corrected chi connectivity index (χ1v) is 6.53. The van der Waals surface area contributed by atoms with E-state index in [9.17, 15) is 14.7 Å². The number of nitrogens with zero attached hydrogens (tertiary/aromatic N) is 1. The normalized spacial score (nSPS) is 15.8. The maximum absolute atomic E-state index is 12.0. The lowest BCUT2D eigenvalue weighted by Gasteiger charge is -2.31. The zero-order chi connectivity index (χ0) is 14.5. The number of benzene rings is 1. The average molecular weight is 278 g/mol. The second-order valence-electron chi connectivity index (χ2n) is 4.72. The standard InChI is InChI=1S/C14H18N2O4/c1-20-14(19)16-8-6-10(7-9-16)15-13(18)11-4-2-3-5-12(11)17/h2-5,10,17H,6-9H2,1H3,(H,15,18). The lowest BCUT2D eigenvalue weighted by Crippen LogP contribution is -2.46. The molecule has 6 heteroatoms. The Morgan fingerprint density at radius 3 is 2.55 bits per heavy atom. The number of rotatable bonds is 2. The zero-order valence-electron chi connectivity index (χ0n) is 11.3. The molecule has 1 aromatic carbocycles. The monoisotopic (exact) mass is 278 g/mol. The molecule has 2 amide bonds. The van der Waals surface area contributed by atoms with E-state index in [2.05, 4.69) is 10.1 Å². The highest BCUT2D eigenvalue weighted by atomic mass is 16.5. The number of nitrogens with one attached hydrogen (secondary N) is 1. The lowest BCUT2D eigenvalue weighted by atomic mass is 10.0. The summed E-state index contributed by atoms with van der Waals surface area (Å²) >= 11 is 0. The summed E-state index contributed by atoms with van der Waals surface area (Å²) in [6, 6.07) is 6.43. The van der Waals surface area contributed by atoms with Gasteiger partial charge in [0, 0.05) is 19.1 Å². The maximum atomic E-state index is 12.0. The van der Waals surface area contributed by atoms with Gasteiger partial charge in [0.25, 0.3) is 5.91 Å². The van der Waals surface area contributed by atoms with Gasteiger partial charge in [-0.1, -0.05) is 12.1 Å². The van der Waals surface area contributed by atoms with Crippen molar-refractivity contribution in [3.8, 4) is 5.75 Å². The third-order valence-electron chi connectivity index (χ3n) is 3.41. The highest BCUT2D eigenvalue weighted by Gasteiger charge is 2.24. The SMILES string of the molecule is COC(=O)N1CCC(NC(=O)c2ccccc2O)CC1. The maximum Gasteiger partial charge on any atom is 0.409 e. The predicted octanol–water partition coefficient (Wildman–Crippen LogP) is 1.35. The molecule has 1 heterocycles. The molecular formula is C14H18N2O4. The largest absolute Gasteiger partial charge is 0.507 e. The molecule has 0 bridgehead atoms. The molecule has 0 radical (unpaired) electrons. The van der Waals surface area contributed by atoms with Crippen LogP contribution in [0.5, 0.6) is 5.75 Å². The van der Waals surface area contributed by atoms with Crippen molar-refractivity contribution in [3.63, 3.8) is 0 Å². The molecule has 0 aromatic heterocycles. The van der Waals surface area contributed by atoms with Crippen LogP contribution in [0.25, 0.3) is 0 Å². The minimum atomic E-state index is -0.338. The Morgan fingerprint density at radius 1 is 1.30 bits per heavy atom. The van der Waals surface area contributed by atoms with E-state index in [1.54, 1.807) is 23.1 Å². The molecule has 1 fully saturated rings. The van der Waals surface area contributed by atoms with E-state index in [4.69, 9.17) is 0 Å². The highest BCUT2D eigenvalue weighted by molar-refractivity contribution is 5.96. The van der Waals surface area contributed by atoms with Crippen LogP contribution in [0, 0.1) is 0 Å². The topological polar surface area (TPSA) is 78.9 Å². The summed E-state index contributed by atoms with van der Waals surface area (Å²) in [4.78, 5) is 25.0. The summed E-state index contributed by atoms with van der Waals surface area (Å²) in [7, 11) is 1.36. The number of phenols is 1. The molecule has 0 aliphatic carbocycles. The van der Waals surface area contributed by atoms with Gasteiger partial charge in [-0.25, -0.2) is 4.79 Å². The Hall–Kier alpha value is -2.24. The fourth-order valence-electron chi connectivity index (χ4n) is 2.26. The Labute approximate surface area is 117 Å². The summed E-state index contributed by atoms with van der Waals surface area (Å²) in [5, 5.41) is 12.5. The van der Waals surface area contributed by atoms with Gasteiger partial charge in [0.05, 0.1) is 12.7 Å². The number of carbonyl (C=O) groups excluding carboxylic acids is 2. The van der Waals surface area contributed by atoms with Crippen LogP contribution in [0.3, 0.4) is 0 Å². The van der Waals surface area contributed by atoms with Gasteiger partial charge < -0.3 is 20.1 Å². The number of hydrogen-bond donors (Lipinski definition) is 2. The van der Waals surface area contributed by atoms with Crippen molar-refractivity contribution in [3.05, 3.63) is 29.8 Å². The molecule has 2 rings (SSSR count). The van der Waals surface area contributed by atoms with Gasteiger partial charge in [-0.3, -0.25) is 4.79 Å². The number of likely N-dealkylation sites (tertiary alicyclic amines) is 1. The van der Waals surface area contributed by atoms with Crippen molar-refractivity contribution >= 4 is 12.0 Å². The summed E-state index contributed by atoms with van der Waals surface area (Å²) in [6.07, 6.45) is 1.01. The van der Waals surface area contributed by atoms with E-state index < -0.39 is 0 Å². The number of carbonyl (C=O) groups is 2. The van der Waals surface area contributed by atoms with Crippen molar-refractivity contribution in [2.24, 2.45) is 0 Å². The molecular weight excluding hydrogens is 260 g/mol. The molecule has 0 unspecified atom stereocenters. The van der Waals surface area contributed by atoms with Crippen LogP contribution in [-0.4, -0.2) is 48.2 Å². The minimum absolute atomic E-state index is 0.00279. The molecule has 1 aliphatic heterocycles. The first-order valence-electron chi connectivity index (χ1n) is 6.53. The number of amides is 2. The van der Waals surface area contributed by atoms with Gasteiger partial charge in [-0.15, -0.1) is 0 Å². The van der Waals surface area contributed by atoms with Crippen molar-refractivity contribution in [1.29, 1.82) is 0 Å². The summed E-state index contributed by atoms with van der Waals surface area (Å²) in [5.74, 6) is -0.323. The summed E-state index contributed by atoms with van der Waals surface area (Å²) in [6.45, 7) is 1.11. The predicted molar refractivity (Wildman–Crippen MR) is 72.6 cm³/mol. The van der Waals surface area contributed by atoms with Crippen molar-refractivity contribution in [2.45, 2.75) is 18.9 Å². The molecule has 6 nitrogen and oxygen atoms in total. The van der Waals surface area contributed by atoms with Crippen molar-refractivity contribution in [2.75, 3.05) is 20.2 Å². The molecule has 20 heavy (non-hydrogen) atoms. The molecule has 0 saturated carbocycles. The third-order valence-corrected chi connectivity index (χ3v) is 3.41. The van der Waals surface area contributed by atoms with Crippen molar-refractivity contribution in [1.82, 2.24) is 10.2 Å². The first-order chi connectivity index (χ1) is 9.61. The minimum Gasteiger partial charge on any atom is -0.507 e. The van der Waals surface area contributed by atoms with Gasteiger partial charge in [0.15, 0.2) is 0 Å². The summed E-state index contributed by atoms with van der Waals surface area (Å²) < 4.78 is 4.66. The molecule has 1 aliphatic rings. The van der Waals surface area contributed by atoms with Crippen LogP contribution in [0.2, 0.25) is 0 Å². The third kappa shape index (κ3) is 3.20. The Morgan fingerprint density at radius 2 is 1.95 bits per heavy atom. The van der Waals surface area contributed by atoms with Crippen molar-refractivity contribution < 1.29 is 19.4 Å². The number of para-hydroxylation sites is 1. The van der Waals surface area contributed by atoms with Crippen LogP contribution < -0.4 is 5.32 Å². The van der Waals surface area contributed by atoms with Gasteiger partial charge in [-0.05, 0) is 25.0 Å². The van der Waals surface area contributed by atoms with E-state index in [1.807, 2.05) is 0 Å². The number of ether oxygens (including phenoxy) is 1. The number of phenolic OH excluding ortho intramolecular Hbond substituents is 1. The number of methoxy groups -OCH3 is 1. The highest BCUT2D eigenvalue weighted by Crippen LogP contribution is 2.17. The Kier molecular flexibility index (Phi) is 4.45. The quantitative estimate of drug-likeness (QED) is 0.856. The Balaban J connectivity index is 1.88. The molecule has 0 spiro atoms. The molecule has 2 N–H and O–H groups in total. The van der Waals surface area contributed by atoms with E-state index in [0.717, 1.165) is 0 Å². The van der Waals surface area contributed by atoms with Crippen LogP contribution in [-0.2, 0) is 4.74 Å². The van der Waals surface area contributed by atoms with E-state index >= 15 is 0 Å². The van der Waals surface area contributed by atoms with Crippen LogP contribution >= 0.6 is 0 Å². The molecule has 0 atom stereocenters. The van der Waals surface area contributed by atoms with Gasteiger partial charge in [-0.2, -0.15) is 0 Å². The molecule has 1 aromatic rings.